The van der Waals surface area contributed by atoms with E-state index in [0.29, 0.717) is 0 Å². The Hall–Kier alpha value is -0.0400. The second-order valence-corrected chi connectivity index (χ2v) is 3.23. The first kappa shape index (κ1) is 7.07. The van der Waals surface area contributed by atoms with Gasteiger partial charge in [-0.15, -0.1) is 0 Å². The minimum Gasteiger partial charge on any atom is -0.306 e. The average Bonchev–Trinajstić information content (AvgIpc) is 1.78. The summed E-state index contributed by atoms with van der Waals surface area (Å²) >= 11 is 0. The summed E-state index contributed by atoms with van der Waals surface area (Å²) in [5, 5.41) is 0. The van der Waals surface area contributed by atoms with E-state index in [1.54, 1.807) is 0 Å². The first-order chi connectivity index (χ1) is 4.33. The van der Waals surface area contributed by atoms with Crippen molar-refractivity contribution in [2.75, 3.05) is 20.1 Å². The van der Waals surface area contributed by atoms with Gasteiger partial charge in [0.25, 0.3) is 0 Å². The Morgan fingerprint density at radius 2 is 2.11 bits per heavy atom. The summed E-state index contributed by atoms with van der Waals surface area (Å²) in [6, 6.07) is 0. The quantitative estimate of drug-likeness (QED) is 0.558. The Balaban J connectivity index is 1.91. The molecule has 9 heavy (non-hydrogen) atoms. The molecule has 0 aromatic carbocycles. The lowest BCUT2D eigenvalue weighted by atomic mass is 9.95. The summed E-state index contributed by atoms with van der Waals surface area (Å²) in [4.78, 5) is 2.39. The van der Waals surface area contributed by atoms with E-state index >= 15 is 0 Å². The van der Waals surface area contributed by atoms with Gasteiger partial charge in [-0.05, 0) is 19.4 Å². The summed E-state index contributed by atoms with van der Waals surface area (Å²) < 4.78 is 0. The lowest BCUT2D eigenvalue weighted by Crippen LogP contribution is -2.43. The second-order valence-electron chi connectivity index (χ2n) is 3.23. The van der Waals surface area contributed by atoms with Crippen molar-refractivity contribution in [1.82, 2.24) is 4.90 Å². The van der Waals surface area contributed by atoms with Crippen LogP contribution in [0.2, 0.25) is 0 Å². The van der Waals surface area contributed by atoms with Crippen molar-refractivity contribution in [2.24, 2.45) is 5.92 Å². The number of hydrogen-bond acceptors (Lipinski definition) is 1. The predicted molar refractivity (Wildman–Crippen MR) is 40.5 cm³/mol. The fourth-order valence-corrected chi connectivity index (χ4v) is 1.50. The highest BCUT2D eigenvalue weighted by Gasteiger charge is 2.21. The van der Waals surface area contributed by atoms with Crippen LogP contribution in [0.15, 0.2) is 0 Å². The Morgan fingerprint density at radius 1 is 1.44 bits per heavy atom. The standard InChI is InChI=1S/C8H17N/c1-3-4-5-8-6-9(2)7-8/h8H,3-7H2,1-2H3. The molecule has 1 fully saturated rings. The largest absolute Gasteiger partial charge is 0.306 e. The van der Waals surface area contributed by atoms with Crippen LogP contribution in [0.3, 0.4) is 0 Å². The zero-order chi connectivity index (χ0) is 6.69. The fourth-order valence-electron chi connectivity index (χ4n) is 1.50. The molecule has 0 N–H and O–H groups in total. The van der Waals surface area contributed by atoms with E-state index in [0.717, 1.165) is 5.92 Å². The fraction of sp³-hybridized carbons (Fsp3) is 1.00. The third-order valence-corrected chi connectivity index (χ3v) is 2.11. The molecule has 0 unspecified atom stereocenters. The van der Waals surface area contributed by atoms with Crippen molar-refractivity contribution in [2.45, 2.75) is 26.2 Å². The normalized spacial score (nSPS) is 22.0. The van der Waals surface area contributed by atoms with Crippen molar-refractivity contribution in [1.29, 1.82) is 0 Å². The highest BCUT2D eigenvalue weighted by molar-refractivity contribution is 4.75. The number of nitrogens with zero attached hydrogens (tertiary/aromatic N) is 1. The molecule has 0 aromatic heterocycles. The Bertz CT molecular complexity index is 74.6. The molecule has 1 aliphatic rings. The highest BCUT2D eigenvalue weighted by Crippen LogP contribution is 2.18. The lowest BCUT2D eigenvalue weighted by Gasteiger charge is -2.36. The molecule has 0 atom stereocenters. The maximum atomic E-state index is 2.39. The van der Waals surface area contributed by atoms with Crippen molar-refractivity contribution < 1.29 is 0 Å². The molecule has 1 saturated heterocycles. The van der Waals surface area contributed by atoms with Crippen molar-refractivity contribution >= 4 is 0 Å². The van der Waals surface area contributed by atoms with Crippen LogP contribution in [0.1, 0.15) is 26.2 Å². The maximum Gasteiger partial charge on any atom is 0.00190 e. The van der Waals surface area contributed by atoms with Gasteiger partial charge in [-0.3, -0.25) is 0 Å². The first-order valence-electron chi connectivity index (χ1n) is 4.01. The van der Waals surface area contributed by atoms with E-state index in [-0.39, 0.29) is 0 Å². The summed E-state index contributed by atoms with van der Waals surface area (Å²) in [6.07, 6.45) is 4.25. The molecule has 1 rings (SSSR count). The smallest absolute Gasteiger partial charge is 0.00190 e. The van der Waals surface area contributed by atoms with E-state index in [2.05, 4.69) is 18.9 Å². The summed E-state index contributed by atoms with van der Waals surface area (Å²) in [6.45, 7) is 4.96. The van der Waals surface area contributed by atoms with E-state index < -0.39 is 0 Å². The summed E-state index contributed by atoms with van der Waals surface area (Å²) in [7, 11) is 2.20. The van der Waals surface area contributed by atoms with E-state index in [1.807, 2.05) is 0 Å². The second kappa shape index (κ2) is 3.21. The van der Waals surface area contributed by atoms with Crippen LogP contribution in [-0.4, -0.2) is 25.0 Å². The van der Waals surface area contributed by atoms with Gasteiger partial charge in [0, 0.05) is 13.1 Å². The van der Waals surface area contributed by atoms with Gasteiger partial charge in [-0.1, -0.05) is 19.8 Å². The molecule has 54 valence electrons. The van der Waals surface area contributed by atoms with Crippen LogP contribution in [0.5, 0.6) is 0 Å². The molecule has 0 amide bonds. The van der Waals surface area contributed by atoms with Crippen molar-refractivity contribution in [3.8, 4) is 0 Å². The van der Waals surface area contributed by atoms with Crippen LogP contribution >= 0.6 is 0 Å². The van der Waals surface area contributed by atoms with Crippen LogP contribution in [0.4, 0.5) is 0 Å². The number of likely N-dealkylation sites (tertiary alicyclic amines) is 1. The lowest BCUT2D eigenvalue weighted by molar-refractivity contribution is 0.125. The molecule has 1 heteroatoms. The van der Waals surface area contributed by atoms with Crippen molar-refractivity contribution in [3.05, 3.63) is 0 Å². The van der Waals surface area contributed by atoms with E-state index in [4.69, 9.17) is 0 Å². The molecule has 0 bridgehead atoms. The van der Waals surface area contributed by atoms with Gasteiger partial charge in [-0.2, -0.15) is 0 Å². The topological polar surface area (TPSA) is 3.24 Å². The molecule has 0 aliphatic carbocycles. The minimum atomic E-state index is 1.04. The average molecular weight is 127 g/mol. The van der Waals surface area contributed by atoms with Gasteiger partial charge in [0.05, 0.1) is 0 Å². The molecule has 1 aliphatic heterocycles. The van der Waals surface area contributed by atoms with Gasteiger partial charge in [0.15, 0.2) is 0 Å². The molecular formula is C8H17N. The third kappa shape index (κ3) is 1.98. The third-order valence-electron chi connectivity index (χ3n) is 2.11. The Kier molecular flexibility index (Phi) is 2.52. The number of hydrogen-bond donors (Lipinski definition) is 0. The van der Waals surface area contributed by atoms with Crippen molar-refractivity contribution in [3.63, 3.8) is 0 Å². The minimum absolute atomic E-state index is 1.04. The zero-order valence-electron chi connectivity index (χ0n) is 6.56. The van der Waals surface area contributed by atoms with Gasteiger partial charge >= 0.3 is 0 Å². The molecule has 0 aromatic rings. The first-order valence-corrected chi connectivity index (χ1v) is 4.01. The summed E-state index contributed by atoms with van der Waals surface area (Å²) in [5.74, 6) is 1.04. The molecular weight excluding hydrogens is 110 g/mol. The van der Waals surface area contributed by atoms with Crippen LogP contribution < -0.4 is 0 Å². The Labute approximate surface area is 58.0 Å². The maximum absolute atomic E-state index is 2.39. The number of unbranched alkanes of at least 4 members (excludes halogenated alkanes) is 1. The van der Waals surface area contributed by atoms with E-state index in [1.165, 1.54) is 32.4 Å². The molecule has 0 radical (unpaired) electrons. The SMILES string of the molecule is CCCCC1CN(C)C1. The van der Waals surface area contributed by atoms with Gasteiger partial charge in [-0.25, -0.2) is 0 Å². The molecule has 1 nitrogen and oxygen atoms in total. The molecule has 0 saturated carbocycles. The van der Waals surface area contributed by atoms with Crippen LogP contribution in [-0.2, 0) is 0 Å². The van der Waals surface area contributed by atoms with Gasteiger partial charge in [0.1, 0.15) is 0 Å². The van der Waals surface area contributed by atoms with Gasteiger partial charge in [0.2, 0.25) is 0 Å². The Morgan fingerprint density at radius 3 is 2.56 bits per heavy atom. The summed E-state index contributed by atoms with van der Waals surface area (Å²) in [5.41, 5.74) is 0. The zero-order valence-corrected chi connectivity index (χ0v) is 6.56. The van der Waals surface area contributed by atoms with Crippen LogP contribution in [0, 0.1) is 5.92 Å². The van der Waals surface area contributed by atoms with Crippen LogP contribution in [0.25, 0.3) is 0 Å². The monoisotopic (exact) mass is 127 g/mol. The molecule has 0 spiro atoms. The van der Waals surface area contributed by atoms with E-state index in [9.17, 15) is 0 Å². The van der Waals surface area contributed by atoms with Gasteiger partial charge < -0.3 is 4.90 Å². The molecule has 1 heterocycles. The predicted octanol–water partition coefficient (Wildman–Crippen LogP) is 1.74. The highest BCUT2D eigenvalue weighted by atomic mass is 15.2. The number of rotatable bonds is 3.